The lowest BCUT2D eigenvalue weighted by molar-refractivity contribution is 0.108. The van der Waals surface area contributed by atoms with E-state index in [0.29, 0.717) is 0 Å². The highest BCUT2D eigenvalue weighted by atomic mass is 16.5. The van der Waals surface area contributed by atoms with Gasteiger partial charge in [-0.2, -0.15) is 0 Å². The fourth-order valence-electron chi connectivity index (χ4n) is 3.00. The minimum absolute atomic E-state index is 0.826. The molecule has 4 atom stereocenters. The Morgan fingerprint density at radius 3 is 1.22 bits per heavy atom. The molecule has 0 aliphatic carbocycles. The summed E-state index contributed by atoms with van der Waals surface area (Å²) >= 11 is 0. The highest BCUT2D eigenvalue weighted by Gasteiger charge is 2.06. The predicted molar refractivity (Wildman–Crippen MR) is 105 cm³/mol. The molecule has 0 saturated heterocycles. The van der Waals surface area contributed by atoms with E-state index in [4.69, 9.17) is 4.74 Å². The summed E-state index contributed by atoms with van der Waals surface area (Å²) in [5.41, 5.74) is 0. The molecule has 0 radical (unpaired) electrons. The molecule has 0 amide bonds. The maximum atomic E-state index is 5.87. The summed E-state index contributed by atoms with van der Waals surface area (Å²) in [5, 5.41) is 0. The number of rotatable bonds is 16. The van der Waals surface area contributed by atoms with Crippen molar-refractivity contribution in [2.45, 2.75) is 106 Å². The lowest BCUT2D eigenvalue weighted by Crippen LogP contribution is -2.07. The Morgan fingerprint density at radius 1 is 0.522 bits per heavy atom. The van der Waals surface area contributed by atoms with Gasteiger partial charge in [-0.3, -0.25) is 0 Å². The zero-order chi connectivity index (χ0) is 17.5. The molecule has 0 aromatic heterocycles. The first kappa shape index (κ1) is 23.0. The summed E-state index contributed by atoms with van der Waals surface area (Å²) in [7, 11) is 0. The minimum atomic E-state index is 0.826. The van der Waals surface area contributed by atoms with E-state index in [-0.39, 0.29) is 0 Å². The highest BCUT2D eigenvalue weighted by molar-refractivity contribution is 4.58. The molecule has 0 aliphatic rings. The third-order valence-corrected chi connectivity index (χ3v) is 5.69. The fraction of sp³-hybridized carbons (Fsp3) is 1.00. The van der Waals surface area contributed by atoms with E-state index in [2.05, 4.69) is 41.5 Å². The van der Waals surface area contributed by atoms with Crippen LogP contribution in [-0.2, 0) is 4.74 Å². The van der Waals surface area contributed by atoms with Gasteiger partial charge in [-0.05, 0) is 36.5 Å². The van der Waals surface area contributed by atoms with E-state index >= 15 is 0 Å². The Morgan fingerprint density at radius 2 is 0.870 bits per heavy atom. The topological polar surface area (TPSA) is 9.23 Å². The molecule has 1 heteroatoms. The van der Waals surface area contributed by atoms with Gasteiger partial charge in [-0.15, -0.1) is 0 Å². The summed E-state index contributed by atoms with van der Waals surface area (Å²) in [4.78, 5) is 0. The summed E-state index contributed by atoms with van der Waals surface area (Å²) in [6.45, 7) is 16.0. The van der Waals surface area contributed by atoms with Crippen LogP contribution in [0.5, 0.6) is 0 Å². The van der Waals surface area contributed by atoms with Crippen LogP contribution in [0.15, 0.2) is 0 Å². The van der Waals surface area contributed by atoms with Crippen LogP contribution in [0, 0.1) is 23.7 Å². The van der Waals surface area contributed by atoms with E-state index in [1.165, 1.54) is 64.2 Å². The van der Waals surface area contributed by atoms with Crippen LogP contribution in [-0.4, -0.2) is 13.2 Å². The third kappa shape index (κ3) is 15.2. The van der Waals surface area contributed by atoms with Crippen molar-refractivity contribution in [3.8, 4) is 0 Å². The summed E-state index contributed by atoms with van der Waals surface area (Å²) in [6.07, 6.45) is 13.5. The van der Waals surface area contributed by atoms with E-state index in [9.17, 15) is 0 Å². The zero-order valence-corrected chi connectivity index (χ0v) is 17.2. The molecule has 0 N–H and O–H groups in total. The van der Waals surface area contributed by atoms with E-state index in [1.54, 1.807) is 0 Å². The van der Waals surface area contributed by atoms with Crippen molar-refractivity contribution in [1.29, 1.82) is 0 Å². The van der Waals surface area contributed by atoms with Gasteiger partial charge in [-0.25, -0.2) is 0 Å². The minimum Gasteiger partial charge on any atom is -0.381 e. The van der Waals surface area contributed by atoms with E-state index < -0.39 is 0 Å². The smallest absolute Gasteiger partial charge is 0.0468 e. The first-order chi connectivity index (χ1) is 11.0. The second kappa shape index (κ2) is 15.5. The Kier molecular flexibility index (Phi) is 15.5. The molecule has 0 aromatic carbocycles. The van der Waals surface area contributed by atoms with Crippen LogP contribution in [0.4, 0.5) is 0 Å². The molecule has 0 fully saturated rings. The van der Waals surface area contributed by atoms with Gasteiger partial charge >= 0.3 is 0 Å². The third-order valence-electron chi connectivity index (χ3n) is 5.69. The first-order valence-electron chi connectivity index (χ1n) is 10.6. The summed E-state index contributed by atoms with van der Waals surface area (Å²) in [5.74, 6) is 3.46. The molecule has 0 heterocycles. The van der Waals surface area contributed by atoms with E-state index in [1.807, 2.05) is 0 Å². The number of ether oxygens (including phenoxy) is 1. The maximum absolute atomic E-state index is 5.87. The van der Waals surface area contributed by atoms with Crippen molar-refractivity contribution < 1.29 is 4.74 Å². The van der Waals surface area contributed by atoms with Gasteiger partial charge < -0.3 is 4.74 Å². The Hall–Kier alpha value is -0.0400. The summed E-state index contributed by atoms with van der Waals surface area (Å²) < 4.78 is 5.87. The molecule has 0 spiro atoms. The van der Waals surface area contributed by atoms with Gasteiger partial charge in [0.2, 0.25) is 0 Å². The van der Waals surface area contributed by atoms with Gasteiger partial charge in [0.15, 0.2) is 0 Å². The fourth-order valence-corrected chi connectivity index (χ4v) is 3.00. The second-order valence-corrected chi connectivity index (χ2v) is 8.29. The second-order valence-electron chi connectivity index (χ2n) is 8.29. The van der Waals surface area contributed by atoms with Crippen molar-refractivity contribution in [2.75, 3.05) is 13.2 Å². The molecule has 0 aliphatic heterocycles. The van der Waals surface area contributed by atoms with Crippen LogP contribution in [0.3, 0.4) is 0 Å². The van der Waals surface area contributed by atoms with Crippen LogP contribution >= 0.6 is 0 Å². The maximum Gasteiger partial charge on any atom is 0.0468 e. The summed E-state index contributed by atoms with van der Waals surface area (Å²) in [6, 6.07) is 0. The van der Waals surface area contributed by atoms with Crippen LogP contribution in [0.25, 0.3) is 0 Å². The quantitative estimate of drug-likeness (QED) is 0.267. The lowest BCUT2D eigenvalue weighted by Gasteiger charge is -2.15. The Bertz CT molecular complexity index is 214. The molecule has 4 unspecified atom stereocenters. The number of hydrogen-bond acceptors (Lipinski definition) is 1. The van der Waals surface area contributed by atoms with Crippen molar-refractivity contribution in [2.24, 2.45) is 23.7 Å². The molecule has 0 rings (SSSR count). The molecule has 140 valence electrons. The molecule has 0 bridgehead atoms. The van der Waals surface area contributed by atoms with E-state index in [0.717, 1.165) is 36.9 Å². The van der Waals surface area contributed by atoms with Crippen molar-refractivity contribution in [3.63, 3.8) is 0 Å². The highest BCUT2D eigenvalue weighted by Crippen LogP contribution is 2.18. The monoisotopic (exact) mass is 326 g/mol. The van der Waals surface area contributed by atoms with Crippen LogP contribution in [0.2, 0.25) is 0 Å². The Labute approximate surface area is 148 Å². The average molecular weight is 327 g/mol. The van der Waals surface area contributed by atoms with Gasteiger partial charge in [-0.1, -0.05) is 92.9 Å². The normalized spacial score (nSPS) is 17.0. The van der Waals surface area contributed by atoms with Crippen molar-refractivity contribution >= 4 is 0 Å². The Balaban J connectivity index is 3.39. The van der Waals surface area contributed by atoms with Crippen molar-refractivity contribution in [1.82, 2.24) is 0 Å². The van der Waals surface area contributed by atoms with Gasteiger partial charge in [0.25, 0.3) is 0 Å². The molecule has 0 aromatic rings. The predicted octanol–water partition coefficient (Wildman–Crippen LogP) is 7.49. The van der Waals surface area contributed by atoms with Gasteiger partial charge in [0.05, 0.1) is 0 Å². The standard InChI is InChI=1S/C22H46O/c1-7-19(3)11-9-13-21(5)15-17-23-18-16-22(6)14-10-12-20(4)8-2/h19-22H,7-18H2,1-6H3. The first-order valence-corrected chi connectivity index (χ1v) is 10.6. The SMILES string of the molecule is CCC(C)CCCC(C)CCOCCC(C)CCCC(C)CC. The van der Waals surface area contributed by atoms with Crippen molar-refractivity contribution in [3.05, 3.63) is 0 Å². The molecular weight excluding hydrogens is 280 g/mol. The van der Waals surface area contributed by atoms with Gasteiger partial charge in [0, 0.05) is 13.2 Å². The largest absolute Gasteiger partial charge is 0.381 e. The van der Waals surface area contributed by atoms with Gasteiger partial charge in [0.1, 0.15) is 0 Å². The average Bonchev–Trinajstić information content (AvgIpc) is 2.54. The van der Waals surface area contributed by atoms with Crippen LogP contribution < -0.4 is 0 Å². The molecule has 1 nitrogen and oxygen atoms in total. The molecule has 23 heavy (non-hydrogen) atoms. The lowest BCUT2D eigenvalue weighted by atomic mass is 9.95. The number of hydrogen-bond donors (Lipinski definition) is 0. The molecule has 0 saturated carbocycles. The van der Waals surface area contributed by atoms with Crippen LogP contribution in [0.1, 0.15) is 106 Å². The zero-order valence-electron chi connectivity index (χ0n) is 17.2. The molecular formula is C22H46O.